The van der Waals surface area contributed by atoms with Gasteiger partial charge >= 0.3 is 5.97 Å². The van der Waals surface area contributed by atoms with Crippen LogP contribution in [0.1, 0.15) is 109 Å². The van der Waals surface area contributed by atoms with Crippen LogP contribution in [0.5, 0.6) is 5.75 Å². The van der Waals surface area contributed by atoms with Crippen molar-refractivity contribution < 1.29 is 18.3 Å². The number of aryl methyl sites for hydroxylation is 1. The quantitative estimate of drug-likeness (QED) is 0.192. The Morgan fingerprint density at radius 1 is 0.861 bits per heavy atom. The van der Waals surface area contributed by atoms with Crippen LogP contribution in [0, 0.1) is 47.1 Å². The van der Waals surface area contributed by atoms with Gasteiger partial charge in [0.05, 0.1) is 5.92 Å². The van der Waals surface area contributed by atoms with E-state index in [1.165, 1.54) is 70.3 Å². The third-order valence-corrected chi connectivity index (χ3v) is 9.74. The number of ether oxygens (including phenoxy) is 1. The molecule has 0 aliphatic heterocycles. The molecule has 4 rings (SSSR count). The van der Waals surface area contributed by atoms with E-state index in [1.807, 2.05) is 6.08 Å². The van der Waals surface area contributed by atoms with Gasteiger partial charge in [0.2, 0.25) is 5.82 Å². The van der Waals surface area contributed by atoms with E-state index in [2.05, 4.69) is 13.5 Å². The summed E-state index contributed by atoms with van der Waals surface area (Å²) in [7, 11) is 0. The first-order valence-electron chi connectivity index (χ1n) is 14.8. The van der Waals surface area contributed by atoms with Crippen molar-refractivity contribution >= 4 is 5.97 Å². The van der Waals surface area contributed by atoms with Crippen LogP contribution in [0.25, 0.3) is 0 Å². The van der Waals surface area contributed by atoms with Crippen LogP contribution in [0.2, 0.25) is 0 Å². The van der Waals surface area contributed by atoms with Gasteiger partial charge < -0.3 is 4.74 Å². The molecule has 0 radical (unpaired) electrons. The fourth-order valence-electron chi connectivity index (χ4n) is 7.29. The van der Waals surface area contributed by atoms with Gasteiger partial charge in [-0.15, -0.1) is 6.58 Å². The fraction of sp³-hybridized carbons (Fsp3) is 0.719. The summed E-state index contributed by atoms with van der Waals surface area (Å²) in [5.74, 6) is 0.940. The van der Waals surface area contributed by atoms with Gasteiger partial charge in [0.1, 0.15) is 0 Å². The largest absolute Gasteiger partial charge is 0.423 e. The number of carbonyl (C=O) groups excluding carboxylic acids is 1. The summed E-state index contributed by atoms with van der Waals surface area (Å²) in [6.07, 6.45) is 20.0. The van der Waals surface area contributed by atoms with Crippen molar-refractivity contribution in [3.63, 3.8) is 0 Å². The number of hydrogen-bond donors (Lipinski definition) is 0. The van der Waals surface area contributed by atoms with Crippen molar-refractivity contribution in [1.29, 1.82) is 0 Å². The average Bonchev–Trinajstić information content (AvgIpc) is 2.92. The summed E-state index contributed by atoms with van der Waals surface area (Å²) in [5, 5.41) is 0. The first kappa shape index (κ1) is 27.3. The van der Waals surface area contributed by atoms with Gasteiger partial charge in [-0.3, -0.25) is 4.79 Å². The highest BCUT2D eigenvalue weighted by Gasteiger charge is 2.31. The minimum absolute atomic E-state index is 0.246. The van der Waals surface area contributed by atoms with E-state index in [0.29, 0.717) is 36.7 Å². The second kappa shape index (κ2) is 13.2. The number of benzene rings is 1. The molecule has 200 valence electrons. The molecule has 0 spiro atoms. The molecule has 1 aromatic rings. The van der Waals surface area contributed by atoms with Crippen LogP contribution in [0.4, 0.5) is 8.78 Å². The number of rotatable bonds is 9. The molecule has 4 heteroatoms. The highest BCUT2D eigenvalue weighted by atomic mass is 19.2. The molecule has 0 N–H and O–H groups in total. The zero-order chi connectivity index (χ0) is 25.5. The zero-order valence-electron chi connectivity index (χ0n) is 22.3. The molecule has 2 nitrogen and oxygen atoms in total. The minimum atomic E-state index is -1.02. The lowest BCUT2D eigenvalue weighted by atomic mass is 9.68. The Morgan fingerprint density at radius 3 is 2.00 bits per heavy atom. The van der Waals surface area contributed by atoms with Crippen LogP contribution in [0.15, 0.2) is 24.8 Å². The molecule has 3 saturated carbocycles. The van der Waals surface area contributed by atoms with E-state index < -0.39 is 17.6 Å². The van der Waals surface area contributed by atoms with E-state index in [9.17, 15) is 13.6 Å². The molecule has 36 heavy (non-hydrogen) atoms. The Hall–Kier alpha value is -1.71. The van der Waals surface area contributed by atoms with Gasteiger partial charge in [-0.2, -0.15) is 4.39 Å². The van der Waals surface area contributed by atoms with E-state index >= 15 is 0 Å². The summed E-state index contributed by atoms with van der Waals surface area (Å²) >= 11 is 0. The second-order valence-electron chi connectivity index (χ2n) is 12.0. The predicted octanol–water partition coefficient (Wildman–Crippen LogP) is 9.21. The van der Waals surface area contributed by atoms with Gasteiger partial charge in [0.15, 0.2) is 11.6 Å². The molecule has 3 fully saturated rings. The summed E-state index contributed by atoms with van der Waals surface area (Å²) in [5.41, 5.74) is 0.398. The normalized spacial score (nSPS) is 31.1. The second-order valence-corrected chi connectivity index (χ2v) is 12.0. The van der Waals surface area contributed by atoms with Gasteiger partial charge in [-0.25, -0.2) is 4.39 Å². The van der Waals surface area contributed by atoms with Crippen LogP contribution < -0.4 is 4.74 Å². The third kappa shape index (κ3) is 6.98. The maximum Gasteiger partial charge on any atom is 0.314 e. The Morgan fingerprint density at radius 2 is 1.44 bits per heavy atom. The Bertz CT molecular complexity index is 857. The van der Waals surface area contributed by atoms with Crippen molar-refractivity contribution in [3.05, 3.63) is 42.0 Å². The lowest BCUT2D eigenvalue weighted by Crippen LogP contribution is -2.26. The predicted molar refractivity (Wildman–Crippen MR) is 142 cm³/mol. The molecule has 3 aliphatic carbocycles. The molecule has 0 atom stereocenters. The molecule has 0 aromatic heterocycles. The Kier molecular flexibility index (Phi) is 10.0. The van der Waals surface area contributed by atoms with E-state index in [0.717, 1.165) is 37.0 Å². The Balaban J connectivity index is 1.21. The average molecular weight is 501 g/mol. The SMILES string of the molecule is C=CC1CCC(C(=O)Oc2ccc(CCC3CCC(C4CCC(CCC)CC4)CC3)c(F)c2F)CC1. The lowest BCUT2D eigenvalue weighted by molar-refractivity contribution is -0.140. The first-order chi connectivity index (χ1) is 17.5. The smallest absolute Gasteiger partial charge is 0.314 e. The first-order valence-corrected chi connectivity index (χ1v) is 14.8. The number of esters is 1. The zero-order valence-corrected chi connectivity index (χ0v) is 22.3. The summed E-state index contributed by atoms with van der Waals surface area (Å²) in [4.78, 5) is 12.5. The van der Waals surface area contributed by atoms with Gasteiger partial charge in [0, 0.05) is 0 Å². The van der Waals surface area contributed by atoms with Gasteiger partial charge in [-0.05, 0) is 105 Å². The summed E-state index contributed by atoms with van der Waals surface area (Å²) in [6.45, 7) is 6.12. The van der Waals surface area contributed by atoms with Crippen molar-refractivity contribution in [1.82, 2.24) is 0 Å². The monoisotopic (exact) mass is 500 g/mol. The van der Waals surface area contributed by atoms with Crippen LogP contribution in [-0.2, 0) is 11.2 Å². The van der Waals surface area contributed by atoms with Crippen LogP contribution in [0.3, 0.4) is 0 Å². The van der Waals surface area contributed by atoms with Crippen molar-refractivity contribution in [2.45, 2.75) is 110 Å². The molecule has 0 amide bonds. The number of hydrogen-bond acceptors (Lipinski definition) is 2. The van der Waals surface area contributed by atoms with Gasteiger partial charge in [0.25, 0.3) is 0 Å². The van der Waals surface area contributed by atoms with Gasteiger partial charge in [-0.1, -0.05) is 57.6 Å². The molecule has 3 aliphatic rings. The maximum atomic E-state index is 14.8. The van der Waals surface area contributed by atoms with E-state index in [4.69, 9.17) is 4.74 Å². The van der Waals surface area contributed by atoms with E-state index in [1.54, 1.807) is 6.07 Å². The molecule has 1 aromatic carbocycles. The highest BCUT2D eigenvalue weighted by Crippen LogP contribution is 2.43. The number of allylic oxidation sites excluding steroid dienone is 1. The van der Waals surface area contributed by atoms with Crippen molar-refractivity contribution in [2.75, 3.05) is 0 Å². The van der Waals surface area contributed by atoms with Crippen LogP contribution >= 0.6 is 0 Å². The van der Waals surface area contributed by atoms with Crippen molar-refractivity contribution in [2.24, 2.45) is 35.5 Å². The molecule has 0 unspecified atom stereocenters. The molecule has 0 saturated heterocycles. The molecule has 0 bridgehead atoms. The molecule has 0 heterocycles. The highest BCUT2D eigenvalue weighted by molar-refractivity contribution is 5.75. The number of halogens is 2. The topological polar surface area (TPSA) is 26.3 Å². The summed E-state index contributed by atoms with van der Waals surface area (Å²) < 4.78 is 34.9. The minimum Gasteiger partial charge on any atom is -0.423 e. The van der Waals surface area contributed by atoms with E-state index in [-0.39, 0.29) is 11.7 Å². The molecular formula is C32H46F2O2. The Labute approximate surface area is 217 Å². The lowest BCUT2D eigenvalue weighted by Gasteiger charge is -2.38. The third-order valence-electron chi connectivity index (χ3n) is 9.74. The standard InChI is InChI=1S/C32H46F2O2/c1-3-5-23-8-13-25(14-9-23)26-15-10-24(11-16-26)12-17-27-20-21-29(31(34)30(27)33)36-32(35)28-18-6-22(4-2)7-19-28/h4,20-26,28H,2-3,5-19H2,1H3. The van der Waals surface area contributed by atoms with Crippen LogP contribution in [-0.4, -0.2) is 5.97 Å². The molecular weight excluding hydrogens is 454 g/mol. The van der Waals surface area contributed by atoms with Crippen molar-refractivity contribution in [3.8, 4) is 5.75 Å². The number of carbonyl (C=O) groups is 1. The fourth-order valence-corrected chi connectivity index (χ4v) is 7.29. The maximum absolute atomic E-state index is 14.8. The summed E-state index contributed by atoms with van der Waals surface area (Å²) in [6, 6.07) is 3.04.